The number of nitrogens with zero attached hydrogens (tertiary/aromatic N) is 3. The first-order valence-corrected chi connectivity index (χ1v) is 6.93. The van der Waals surface area contributed by atoms with E-state index in [-0.39, 0.29) is 22.5 Å². The van der Waals surface area contributed by atoms with Crippen LogP contribution in [0.25, 0.3) is 0 Å². The molecule has 1 aliphatic heterocycles. The van der Waals surface area contributed by atoms with E-state index in [1.165, 1.54) is 6.07 Å². The topological polar surface area (TPSA) is 85.6 Å². The molecule has 1 amide bonds. The van der Waals surface area contributed by atoms with Gasteiger partial charge in [0.05, 0.1) is 11.0 Å². The molecule has 1 fully saturated rings. The molecule has 21 heavy (non-hydrogen) atoms. The van der Waals surface area contributed by atoms with Gasteiger partial charge in [-0.25, -0.2) is 4.98 Å². The first-order valence-electron chi connectivity index (χ1n) is 6.56. The summed E-state index contributed by atoms with van der Waals surface area (Å²) in [6.45, 7) is 3.01. The summed E-state index contributed by atoms with van der Waals surface area (Å²) in [4.78, 5) is 28.1. The summed E-state index contributed by atoms with van der Waals surface area (Å²) >= 11 is 5.75. The van der Waals surface area contributed by atoms with Gasteiger partial charge in [-0.2, -0.15) is 0 Å². The number of amides is 1. The van der Waals surface area contributed by atoms with Crippen LogP contribution in [-0.4, -0.2) is 47.0 Å². The van der Waals surface area contributed by atoms with Gasteiger partial charge in [0.25, 0.3) is 11.6 Å². The number of aromatic nitrogens is 1. The summed E-state index contributed by atoms with van der Waals surface area (Å²) in [6.07, 6.45) is 1.73. The molecule has 1 aromatic heterocycles. The summed E-state index contributed by atoms with van der Waals surface area (Å²) in [7, 11) is 1.60. The summed E-state index contributed by atoms with van der Waals surface area (Å²) in [5.74, 6) is -0.0741. The van der Waals surface area contributed by atoms with Gasteiger partial charge < -0.3 is 9.64 Å². The fourth-order valence-corrected chi connectivity index (χ4v) is 2.59. The maximum atomic E-state index is 12.5. The SMILES string of the molecule is COC1CN(C(=O)c2cc(Cl)ncc2[N+](=O)[O-])CCC1C. The summed E-state index contributed by atoms with van der Waals surface area (Å²) < 4.78 is 5.35. The molecule has 0 radical (unpaired) electrons. The van der Waals surface area contributed by atoms with Crippen molar-refractivity contribution in [3.63, 3.8) is 0 Å². The van der Waals surface area contributed by atoms with Gasteiger partial charge >= 0.3 is 0 Å². The van der Waals surface area contributed by atoms with Crippen LogP contribution in [0.4, 0.5) is 5.69 Å². The van der Waals surface area contributed by atoms with Crippen LogP contribution in [0.2, 0.25) is 5.15 Å². The van der Waals surface area contributed by atoms with E-state index in [4.69, 9.17) is 16.3 Å². The van der Waals surface area contributed by atoms with Crippen LogP contribution in [0.3, 0.4) is 0 Å². The first kappa shape index (κ1) is 15.7. The second kappa shape index (κ2) is 6.36. The van der Waals surface area contributed by atoms with Crippen molar-refractivity contribution in [1.29, 1.82) is 0 Å². The third-order valence-electron chi connectivity index (χ3n) is 3.76. The number of carbonyl (C=O) groups excluding carboxylic acids is 1. The Balaban J connectivity index is 2.28. The van der Waals surface area contributed by atoms with Crippen molar-refractivity contribution in [2.75, 3.05) is 20.2 Å². The normalized spacial score (nSPS) is 22.1. The molecule has 2 unspecified atom stereocenters. The Hall–Kier alpha value is -1.73. The van der Waals surface area contributed by atoms with Crippen LogP contribution >= 0.6 is 11.6 Å². The molecule has 0 bridgehead atoms. The van der Waals surface area contributed by atoms with Crippen LogP contribution in [0, 0.1) is 16.0 Å². The van der Waals surface area contributed by atoms with Crippen LogP contribution < -0.4 is 0 Å². The largest absolute Gasteiger partial charge is 0.379 e. The lowest BCUT2D eigenvalue weighted by molar-refractivity contribution is -0.385. The molecule has 0 spiro atoms. The number of likely N-dealkylation sites (tertiary alicyclic amines) is 1. The van der Waals surface area contributed by atoms with Crippen LogP contribution in [0.15, 0.2) is 12.3 Å². The van der Waals surface area contributed by atoms with Gasteiger partial charge in [0.1, 0.15) is 16.9 Å². The minimum Gasteiger partial charge on any atom is -0.379 e. The minimum atomic E-state index is -0.628. The zero-order chi connectivity index (χ0) is 15.6. The zero-order valence-electron chi connectivity index (χ0n) is 11.8. The molecule has 0 aliphatic carbocycles. The molecule has 1 aliphatic rings. The van der Waals surface area contributed by atoms with Crippen molar-refractivity contribution in [3.8, 4) is 0 Å². The minimum absolute atomic E-state index is 0.0376. The fraction of sp³-hybridized carbons (Fsp3) is 0.538. The number of carbonyl (C=O) groups is 1. The summed E-state index contributed by atoms with van der Waals surface area (Å²) in [5, 5.41) is 11.1. The maximum Gasteiger partial charge on any atom is 0.300 e. The predicted molar refractivity (Wildman–Crippen MR) is 76.4 cm³/mol. The Morgan fingerprint density at radius 2 is 2.33 bits per heavy atom. The lowest BCUT2D eigenvalue weighted by atomic mass is 9.95. The number of pyridine rings is 1. The average molecular weight is 314 g/mol. The van der Waals surface area contributed by atoms with Crippen molar-refractivity contribution in [2.24, 2.45) is 5.92 Å². The third kappa shape index (κ3) is 3.30. The van der Waals surface area contributed by atoms with E-state index in [0.717, 1.165) is 12.6 Å². The number of hydrogen-bond acceptors (Lipinski definition) is 5. The van der Waals surface area contributed by atoms with Crippen LogP contribution in [0.1, 0.15) is 23.7 Å². The molecular weight excluding hydrogens is 298 g/mol. The van der Waals surface area contributed by atoms with Crippen molar-refractivity contribution in [2.45, 2.75) is 19.4 Å². The Labute approximate surface area is 127 Å². The van der Waals surface area contributed by atoms with E-state index in [1.807, 2.05) is 0 Å². The molecule has 0 aromatic carbocycles. The predicted octanol–water partition coefficient (Wildman–Crippen LogP) is 2.14. The number of piperidine rings is 1. The maximum absolute atomic E-state index is 12.5. The Morgan fingerprint density at radius 1 is 1.62 bits per heavy atom. The number of ether oxygens (including phenoxy) is 1. The molecular formula is C13H16ClN3O4. The lowest BCUT2D eigenvalue weighted by Gasteiger charge is -2.36. The van der Waals surface area contributed by atoms with Gasteiger partial charge in [0.15, 0.2) is 0 Å². The first-order chi connectivity index (χ1) is 9.93. The highest BCUT2D eigenvalue weighted by molar-refractivity contribution is 6.29. The molecule has 7 nitrogen and oxygen atoms in total. The smallest absolute Gasteiger partial charge is 0.300 e. The van der Waals surface area contributed by atoms with Gasteiger partial charge in [0.2, 0.25) is 0 Å². The van der Waals surface area contributed by atoms with E-state index < -0.39 is 10.8 Å². The summed E-state index contributed by atoms with van der Waals surface area (Å²) in [5.41, 5.74) is -0.374. The van der Waals surface area contributed by atoms with Gasteiger partial charge in [-0.05, 0) is 18.4 Å². The van der Waals surface area contributed by atoms with Crippen molar-refractivity contribution in [3.05, 3.63) is 33.1 Å². The molecule has 114 valence electrons. The molecule has 2 heterocycles. The quantitative estimate of drug-likeness (QED) is 0.485. The number of methoxy groups -OCH3 is 1. The number of halogens is 1. The molecule has 1 aromatic rings. The van der Waals surface area contributed by atoms with Crippen molar-refractivity contribution < 1.29 is 14.5 Å². The van der Waals surface area contributed by atoms with E-state index in [9.17, 15) is 14.9 Å². The Kier molecular flexibility index (Phi) is 4.74. The standard InChI is InChI=1S/C13H16ClN3O4/c1-8-3-4-16(7-11(8)21-2)13(18)9-5-12(14)15-6-10(9)17(19)20/h5-6,8,11H,3-4,7H2,1-2H3. The number of nitro groups is 1. The highest BCUT2D eigenvalue weighted by Gasteiger charge is 2.32. The van der Waals surface area contributed by atoms with Crippen LogP contribution in [0.5, 0.6) is 0 Å². The summed E-state index contributed by atoms with van der Waals surface area (Å²) in [6, 6.07) is 1.24. The zero-order valence-corrected chi connectivity index (χ0v) is 12.5. The van der Waals surface area contributed by atoms with E-state index >= 15 is 0 Å². The molecule has 2 atom stereocenters. The van der Waals surface area contributed by atoms with E-state index in [0.29, 0.717) is 19.0 Å². The number of rotatable bonds is 3. The Morgan fingerprint density at radius 3 is 2.95 bits per heavy atom. The molecule has 0 N–H and O–H groups in total. The van der Waals surface area contributed by atoms with E-state index in [1.54, 1.807) is 12.0 Å². The highest BCUT2D eigenvalue weighted by Crippen LogP contribution is 2.25. The molecule has 1 saturated heterocycles. The molecule has 0 saturated carbocycles. The molecule has 8 heteroatoms. The fourth-order valence-electron chi connectivity index (χ4n) is 2.43. The second-order valence-corrected chi connectivity index (χ2v) is 5.46. The van der Waals surface area contributed by atoms with Gasteiger partial charge in [-0.1, -0.05) is 18.5 Å². The number of hydrogen-bond donors (Lipinski definition) is 0. The Bertz CT molecular complexity index is 566. The highest BCUT2D eigenvalue weighted by atomic mass is 35.5. The lowest BCUT2D eigenvalue weighted by Crippen LogP contribution is -2.46. The molecule has 2 rings (SSSR count). The average Bonchev–Trinajstić information content (AvgIpc) is 2.46. The second-order valence-electron chi connectivity index (χ2n) is 5.07. The van der Waals surface area contributed by atoms with Crippen LogP contribution in [-0.2, 0) is 4.74 Å². The van der Waals surface area contributed by atoms with Gasteiger partial charge in [-0.3, -0.25) is 14.9 Å². The monoisotopic (exact) mass is 313 g/mol. The van der Waals surface area contributed by atoms with Crippen molar-refractivity contribution >= 4 is 23.2 Å². The van der Waals surface area contributed by atoms with Gasteiger partial charge in [-0.15, -0.1) is 0 Å². The third-order valence-corrected chi connectivity index (χ3v) is 3.96. The van der Waals surface area contributed by atoms with Gasteiger partial charge in [0, 0.05) is 20.2 Å². The van der Waals surface area contributed by atoms with E-state index in [2.05, 4.69) is 11.9 Å². The van der Waals surface area contributed by atoms with Crippen molar-refractivity contribution in [1.82, 2.24) is 9.88 Å².